The monoisotopic (exact) mass is 565 g/mol. The van der Waals surface area contributed by atoms with E-state index in [4.69, 9.17) is 9.47 Å². The predicted molar refractivity (Wildman–Crippen MR) is 138 cm³/mol. The first kappa shape index (κ1) is 25.6. The lowest BCUT2D eigenvalue weighted by atomic mass is 10.1. The maximum absolute atomic E-state index is 13.1. The van der Waals surface area contributed by atoms with E-state index >= 15 is 0 Å². The highest BCUT2D eigenvalue weighted by Gasteiger charge is 2.36. The molecule has 1 heterocycles. The van der Waals surface area contributed by atoms with Gasteiger partial charge < -0.3 is 9.47 Å². The van der Waals surface area contributed by atoms with Gasteiger partial charge in [-0.05, 0) is 72.7 Å². The summed E-state index contributed by atoms with van der Waals surface area (Å²) in [7, 11) is 0. The number of hydrogen-bond acceptors (Lipinski definition) is 7. The van der Waals surface area contributed by atoms with Crippen LogP contribution in [0.3, 0.4) is 0 Å². The van der Waals surface area contributed by atoms with Gasteiger partial charge in [-0.25, -0.2) is 9.69 Å². The highest BCUT2D eigenvalue weighted by atomic mass is 79.9. The van der Waals surface area contributed by atoms with Gasteiger partial charge in [0.05, 0.1) is 17.2 Å². The van der Waals surface area contributed by atoms with Crippen LogP contribution in [0.4, 0.5) is 16.2 Å². The van der Waals surface area contributed by atoms with E-state index in [2.05, 4.69) is 21.2 Å². The van der Waals surface area contributed by atoms with Gasteiger partial charge in [-0.3, -0.25) is 25.0 Å². The number of nitrogens with one attached hydrogen (secondary N) is 1. The Labute approximate surface area is 219 Å². The van der Waals surface area contributed by atoms with E-state index in [9.17, 15) is 24.5 Å². The zero-order valence-corrected chi connectivity index (χ0v) is 21.1. The number of nitro groups is 1. The zero-order valence-electron chi connectivity index (χ0n) is 19.5. The van der Waals surface area contributed by atoms with Crippen molar-refractivity contribution in [3.63, 3.8) is 0 Å². The average molecular weight is 566 g/mol. The fraction of sp³-hybridized carbons (Fsp3) is 0.115. The number of urea groups is 1. The number of benzene rings is 3. The molecule has 1 aliphatic heterocycles. The SMILES string of the molecule is CCOc1cc(/C=C2/C(=O)NC(=O)N(c3ccc(Br)cc3)C2=O)ccc1OCc1ccc([N+](=O)[O-])cc1. The molecule has 1 aliphatic rings. The Morgan fingerprint density at radius 3 is 2.32 bits per heavy atom. The van der Waals surface area contributed by atoms with Crippen LogP contribution >= 0.6 is 15.9 Å². The fourth-order valence-corrected chi connectivity index (χ4v) is 3.79. The van der Waals surface area contributed by atoms with Gasteiger partial charge in [-0.15, -0.1) is 0 Å². The van der Waals surface area contributed by atoms with Crippen LogP contribution in [-0.4, -0.2) is 29.4 Å². The van der Waals surface area contributed by atoms with E-state index in [-0.39, 0.29) is 17.9 Å². The lowest BCUT2D eigenvalue weighted by molar-refractivity contribution is -0.384. The number of nitro benzene ring substituents is 1. The first-order valence-electron chi connectivity index (χ1n) is 11.1. The Balaban J connectivity index is 1.57. The van der Waals surface area contributed by atoms with E-state index in [1.54, 1.807) is 61.5 Å². The van der Waals surface area contributed by atoms with Crippen LogP contribution in [-0.2, 0) is 16.2 Å². The molecule has 37 heavy (non-hydrogen) atoms. The Morgan fingerprint density at radius 2 is 1.68 bits per heavy atom. The quantitative estimate of drug-likeness (QED) is 0.176. The Hall–Kier alpha value is -4.51. The van der Waals surface area contributed by atoms with Crippen LogP contribution in [0, 0.1) is 10.1 Å². The number of imide groups is 2. The topological polar surface area (TPSA) is 128 Å². The van der Waals surface area contributed by atoms with Crippen molar-refractivity contribution >= 4 is 51.2 Å². The van der Waals surface area contributed by atoms with Crippen LogP contribution in [0.25, 0.3) is 6.08 Å². The molecule has 0 saturated carbocycles. The number of carbonyl (C=O) groups is 3. The summed E-state index contributed by atoms with van der Waals surface area (Å²) < 4.78 is 12.3. The summed E-state index contributed by atoms with van der Waals surface area (Å²) in [5.74, 6) is -0.774. The van der Waals surface area contributed by atoms with Gasteiger partial charge in [-0.2, -0.15) is 0 Å². The van der Waals surface area contributed by atoms with Gasteiger partial charge in [0, 0.05) is 16.6 Å². The minimum Gasteiger partial charge on any atom is -0.490 e. The van der Waals surface area contributed by atoms with Gasteiger partial charge >= 0.3 is 6.03 Å². The highest BCUT2D eigenvalue weighted by Crippen LogP contribution is 2.31. The van der Waals surface area contributed by atoms with Crippen molar-refractivity contribution in [2.45, 2.75) is 13.5 Å². The number of carbonyl (C=O) groups excluding carboxylic acids is 3. The molecule has 188 valence electrons. The van der Waals surface area contributed by atoms with Gasteiger partial charge in [-0.1, -0.05) is 22.0 Å². The minimum atomic E-state index is -0.834. The number of halogens is 1. The third-order valence-corrected chi connectivity index (χ3v) is 5.84. The molecule has 0 aliphatic carbocycles. The molecular formula is C26H20BrN3O7. The molecule has 1 saturated heterocycles. The number of rotatable bonds is 8. The lowest BCUT2D eigenvalue weighted by Crippen LogP contribution is -2.54. The molecule has 0 bridgehead atoms. The third-order valence-electron chi connectivity index (χ3n) is 5.31. The van der Waals surface area contributed by atoms with E-state index in [1.165, 1.54) is 18.2 Å². The number of anilines is 1. The molecule has 0 unspecified atom stereocenters. The number of nitrogens with zero attached hydrogens (tertiary/aromatic N) is 2. The summed E-state index contributed by atoms with van der Waals surface area (Å²) in [6, 6.07) is 16.6. The second-order valence-corrected chi connectivity index (χ2v) is 8.70. The van der Waals surface area contributed by atoms with Gasteiger partial charge in [0.2, 0.25) is 0 Å². The molecule has 0 spiro atoms. The second-order valence-electron chi connectivity index (χ2n) is 7.79. The number of barbiturate groups is 1. The van der Waals surface area contributed by atoms with Crippen molar-refractivity contribution in [1.29, 1.82) is 0 Å². The van der Waals surface area contributed by atoms with Crippen molar-refractivity contribution in [3.8, 4) is 11.5 Å². The van der Waals surface area contributed by atoms with Gasteiger partial charge in [0.15, 0.2) is 11.5 Å². The molecule has 0 radical (unpaired) electrons. The summed E-state index contributed by atoms with van der Waals surface area (Å²) in [4.78, 5) is 49.2. The Morgan fingerprint density at radius 1 is 0.973 bits per heavy atom. The van der Waals surface area contributed by atoms with E-state index < -0.39 is 22.8 Å². The number of non-ortho nitro benzene ring substituents is 1. The number of ether oxygens (including phenoxy) is 2. The Bertz CT molecular complexity index is 1400. The van der Waals surface area contributed by atoms with E-state index in [0.29, 0.717) is 29.4 Å². The molecule has 4 amide bonds. The highest BCUT2D eigenvalue weighted by molar-refractivity contribution is 9.10. The molecule has 10 nitrogen and oxygen atoms in total. The largest absolute Gasteiger partial charge is 0.490 e. The predicted octanol–water partition coefficient (Wildman–Crippen LogP) is 5.00. The number of hydrogen-bond donors (Lipinski definition) is 1. The average Bonchev–Trinajstić information content (AvgIpc) is 2.87. The zero-order chi connectivity index (χ0) is 26.5. The van der Waals surface area contributed by atoms with Crippen LogP contribution in [0.2, 0.25) is 0 Å². The molecule has 4 rings (SSSR count). The van der Waals surface area contributed by atoms with Crippen LogP contribution in [0.5, 0.6) is 11.5 Å². The van der Waals surface area contributed by atoms with Crippen molar-refractivity contribution in [1.82, 2.24) is 5.32 Å². The van der Waals surface area contributed by atoms with E-state index in [1.807, 2.05) is 0 Å². The van der Waals surface area contributed by atoms with E-state index in [0.717, 1.165) is 14.9 Å². The molecule has 0 atom stereocenters. The second kappa shape index (κ2) is 11.0. The maximum Gasteiger partial charge on any atom is 0.335 e. The molecule has 0 aromatic heterocycles. The van der Waals surface area contributed by atoms with Crippen molar-refractivity contribution < 1.29 is 28.8 Å². The maximum atomic E-state index is 13.1. The van der Waals surface area contributed by atoms with Crippen molar-refractivity contribution in [2.75, 3.05) is 11.5 Å². The summed E-state index contributed by atoms with van der Waals surface area (Å²) in [6.45, 7) is 2.27. The lowest BCUT2D eigenvalue weighted by Gasteiger charge is -2.26. The number of amides is 4. The summed E-state index contributed by atoms with van der Waals surface area (Å²) in [6.07, 6.45) is 1.37. The summed E-state index contributed by atoms with van der Waals surface area (Å²) in [5, 5.41) is 13.0. The standard InChI is InChI=1S/C26H20BrN3O7/c1-2-36-23-14-17(5-12-22(23)37-15-16-3-8-20(9-4-16)30(34)35)13-21-24(31)28-26(33)29(25(21)32)19-10-6-18(27)7-11-19/h3-14H,2,15H2,1H3,(H,28,31,33)/b21-13-. The minimum absolute atomic E-state index is 0.0159. The third kappa shape index (κ3) is 5.84. The molecule has 11 heteroatoms. The normalized spacial score (nSPS) is 14.5. The first-order valence-corrected chi connectivity index (χ1v) is 11.9. The van der Waals surface area contributed by atoms with Crippen molar-refractivity contribution in [3.05, 3.63) is 98.0 Å². The van der Waals surface area contributed by atoms with Crippen LogP contribution < -0.4 is 19.7 Å². The summed E-state index contributed by atoms with van der Waals surface area (Å²) >= 11 is 3.31. The molecule has 3 aromatic carbocycles. The Kier molecular flexibility index (Phi) is 7.63. The molecular weight excluding hydrogens is 546 g/mol. The molecule has 1 fully saturated rings. The van der Waals surface area contributed by atoms with Gasteiger partial charge in [0.25, 0.3) is 17.5 Å². The van der Waals surface area contributed by atoms with Crippen LogP contribution in [0.15, 0.2) is 76.8 Å². The smallest absolute Gasteiger partial charge is 0.335 e. The molecule has 1 N–H and O–H groups in total. The van der Waals surface area contributed by atoms with Crippen LogP contribution in [0.1, 0.15) is 18.1 Å². The van der Waals surface area contributed by atoms with Crippen molar-refractivity contribution in [2.24, 2.45) is 0 Å². The van der Waals surface area contributed by atoms with Gasteiger partial charge in [0.1, 0.15) is 12.2 Å². The first-order chi connectivity index (χ1) is 17.8. The summed E-state index contributed by atoms with van der Waals surface area (Å²) in [5.41, 5.74) is 1.28. The fourth-order valence-electron chi connectivity index (χ4n) is 3.53. The molecule has 3 aromatic rings.